The molecule has 0 aromatic heterocycles. The molecule has 3 rings (SSSR count). The van der Waals surface area contributed by atoms with Crippen LogP contribution < -0.4 is 4.74 Å². The molecule has 21 heavy (non-hydrogen) atoms. The molecule has 0 saturated heterocycles. The van der Waals surface area contributed by atoms with Gasteiger partial charge in [-0.1, -0.05) is 72.3 Å². The standard InChI is InChI=1S/C19H17ClO/c20-19(13-10-15-6-2-1-3-7-15)21-18-12-11-16-8-4-5-9-17(16)14-18/h1-9,11-12,14,19H,10,13H2. The molecule has 3 aromatic carbocycles. The third-order valence-corrected chi connectivity index (χ3v) is 3.79. The van der Waals surface area contributed by atoms with E-state index >= 15 is 0 Å². The predicted molar refractivity (Wildman–Crippen MR) is 89.0 cm³/mol. The molecule has 0 N–H and O–H groups in total. The van der Waals surface area contributed by atoms with E-state index in [1.165, 1.54) is 16.3 Å². The third-order valence-electron chi connectivity index (χ3n) is 3.49. The van der Waals surface area contributed by atoms with E-state index in [2.05, 4.69) is 30.3 Å². The predicted octanol–water partition coefficient (Wildman–Crippen LogP) is 5.42. The van der Waals surface area contributed by atoms with Crippen molar-refractivity contribution < 1.29 is 4.74 Å². The summed E-state index contributed by atoms with van der Waals surface area (Å²) in [5.41, 5.74) is 0.969. The molecule has 0 spiro atoms. The highest BCUT2D eigenvalue weighted by molar-refractivity contribution is 6.19. The number of hydrogen-bond donors (Lipinski definition) is 0. The number of ether oxygens (including phenoxy) is 1. The molecule has 1 atom stereocenters. The van der Waals surface area contributed by atoms with Gasteiger partial charge in [0, 0.05) is 6.42 Å². The Labute approximate surface area is 130 Å². The fourth-order valence-electron chi connectivity index (χ4n) is 2.37. The average Bonchev–Trinajstić information content (AvgIpc) is 2.54. The van der Waals surface area contributed by atoms with Gasteiger partial charge in [0.2, 0.25) is 0 Å². The lowest BCUT2D eigenvalue weighted by Crippen LogP contribution is -2.09. The van der Waals surface area contributed by atoms with Gasteiger partial charge in [-0.05, 0) is 34.9 Å². The highest BCUT2D eigenvalue weighted by Crippen LogP contribution is 2.23. The van der Waals surface area contributed by atoms with Crippen molar-refractivity contribution in [3.8, 4) is 5.75 Å². The summed E-state index contributed by atoms with van der Waals surface area (Å²) in [4.78, 5) is 0. The van der Waals surface area contributed by atoms with Crippen molar-refractivity contribution >= 4 is 22.4 Å². The van der Waals surface area contributed by atoms with Crippen LogP contribution in [0.3, 0.4) is 0 Å². The molecule has 3 aromatic rings. The SMILES string of the molecule is ClC(CCc1ccccc1)Oc1ccc2ccccc2c1. The highest BCUT2D eigenvalue weighted by Gasteiger charge is 2.07. The summed E-state index contributed by atoms with van der Waals surface area (Å²) in [6.07, 6.45) is 1.71. The zero-order chi connectivity index (χ0) is 14.5. The van der Waals surface area contributed by atoms with Crippen LogP contribution in [0.4, 0.5) is 0 Å². The molecule has 2 heteroatoms. The van der Waals surface area contributed by atoms with Crippen LogP contribution in [0.2, 0.25) is 0 Å². The van der Waals surface area contributed by atoms with Crippen molar-refractivity contribution in [2.24, 2.45) is 0 Å². The summed E-state index contributed by atoms with van der Waals surface area (Å²) in [5, 5.41) is 2.38. The van der Waals surface area contributed by atoms with Crippen LogP contribution in [-0.2, 0) is 6.42 Å². The average molecular weight is 297 g/mol. The van der Waals surface area contributed by atoms with Gasteiger partial charge in [-0.25, -0.2) is 0 Å². The number of aryl methyl sites for hydroxylation is 1. The zero-order valence-electron chi connectivity index (χ0n) is 11.7. The smallest absolute Gasteiger partial charge is 0.172 e. The van der Waals surface area contributed by atoms with Crippen LogP contribution in [0.5, 0.6) is 5.75 Å². The lowest BCUT2D eigenvalue weighted by Gasteiger charge is -2.13. The summed E-state index contributed by atoms with van der Waals surface area (Å²) in [6.45, 7) is 0. The fraction of sp³-hybridized carbons (Fsp3) is 0.158. The Morgan fingerprint density at radius 3 is 2.33 bits per heavy atom. The van der Waals surface area contributed by atoms with Crippen molar-refractivity contribution in [1.82, 2.24) is 0 Å². The third kappa shape index (κ3) is 3.77. The Hall–Kier alpha value is -1.99. The quantitative estimate of drug-likeness (QED) is 0.572. The second-order valence-electron chi connectivity index (χ2n) is 5.06. The minimum Gasteiger partial charge on any atom is -0.475 e. The van der Waals surface area contributed by atoms with Crippen molar-refractivity contribution in [2.75, 3.05) is 0 Å². The number of rotatable bonds is 5. The van der Waals surface area contributed by atoms with Crippen molar-refractivity contribution in [3.63, 3.8) is 0 Å². The van der Waals surface area contributed by atoms with Crippen molar-refractivity contribution in [2.45, 2.75) is 18.4 Å². The first-order valence-corrected chi connectivity index (χ1v) is 7.58. The maximum atomic E-state index is 6.29. The first kappa shape index (κ1) is 14.0. The lowest BCUT2D eigenvalue weighted by molar-refractivity contribution is 0.271. The van der Waals surface area contributed by atoms with Gasteiger partial charge >= 0.3 is 0 Å². The van der Waals surface area contributed by atoms with Gasteiger partial charge in [0.1, 0.15) is 5.75 Å². The van der Waals surface area contributed by atoms with Crippen LogP contribution in [0, 0.1) is 0 Å². The van der Waals surface area contributed by atoms with Gasteiger partial charge in [-0.15, -0.1) is 0 Å². The number of alkyl halides is 1. The van der Waals surface area contributed by atoms with E-state index in [0.717, 1.165) is 18.6 Å². The maximum absolute atomic E-state index is 6.29. The van der Waals surface area contributed by atoms with Crippen LogP contribution >= 0.6 is 11.6 Å². The molecule has 0 radical (unpaired) electrons. The molecule has 0 heterocycles. The summed E-state index contributed by atoms with van der Waals surface area (Å²) in [5.74, 6) is 0.821. The first-order chi connectivity index (χ1) is 10.3. The normalized spacial score (nSPS) is 12.2. The Morgan fingerprint density at radius 1 is 0.810 bits per heavy atom. The van der Waals surface area contributed by atoms with Crippen LogP contribution in [-0.4, -0.2) is 5.56 Å². The van der Waals surface area contributed by atoms with Gasteiger partial charge in [-0.2, -0.15) is 0 Å². The molecule has 0 saturated carbocycles. The summed E-state index contributed by atoms with van der Waals surface area (Å²) >= 11 is 6.29. The topological polar surface area (TPSA) is 9.23 Å². The minimum absolute atomic E-state index is 0.314. The maximum Gasteiger partial charge on any atom is 0.172 e. The van der Waals surface area contributed by atoms with Crippen LogP contribution in [0.15, 0.2) is 72.8 Å². The van der Waals surface area contributed by atoms with E-state index in [4.69, 9.17) is 16.3 Å². The number of benzene rings is 3. The first-order valence-electron chi connectivity index (χ1n) is 7.15. The van der Waals surface area contributed by atoms with Gasteiger partial charge in [0.05, 0.1) is 0 Å². The molecule has 0 aliphatic rings. The molecule has 0 amide bonds. The fourth-order valence-corrected chi connectivity index (χ4v) is 2.58. The second kappa shape index (κ2) is 6.64. The van der Waals surface area contributed by atoms with Crippen LogP contribution in [0.25, 0.3) is 10.8 Å². The summed E-state index contributed by atoms with van der Waals surface area (Å²) in [7, 11) is 0. The van der Waals surface area contributed by atoms with Gasteiger partial charge in [-0.3, -0.25) is 0 Å². The summed E-state index contributed by atoms with van der Waals surface area (Å²) < 4.78 is 5.81. The number of hydrogen-bond acceptors (Lipinski definition) is 1. The van der Waals surface area contributed by atoms with E-state index in [0.29, 0.717) is 0 Å². The lowest BCUT2D eigenvalue weighted by atomic mass is 10.1. The van der Waals surface area contributed by atoms with Gasteiger partial charge in [0.25, 0.3) is 0 Å². The van der Waals surface area contributed by atoms with Crippen molar-refractivity contribution in [3.05, 3.63) is 78.4 Å². The van der Waals surface area contributed by atoms with Crippen LogP contribution in [0.1, 0.15) is 12.0 Å². The molecule has 0 aliphatic heterocycles. The van der Waals surface area contributed by atoms with Crippen molar-refractivity contribution in [1.29, 1.82) is 0 Å². The largest absolute Gasteiger partial charge is 0.475 e. The van der Waals surface area contributed by atoms with E-state index in [-0.39, 0.29) is 5.56 Å². The van der Waals surface area contributed by atoms with E-state index in [9.17, 15) is 0 Å². The second-order valence-corrected chi connectivity index (χ2v) is 5.55. The Bertz CT molecular complexity index is 709. The molecule has 1 unspecified atom stereocenters. The monoisotopic (exact) mass is 296 g/mol. The van der Waals surface area contributed by atoms with E-state index < -0.39 is 0 Å². The Kier molecular flexibility index (Phi) is 4.42. The molecule has 106 valence electrons. The number of fused-ring (bicyclic) bond motifs is 1. The van der Waals surface area contributed by atoms with Gasteiger partial charge < -0.3 is 4.74 Å². The molecular formula is C19H17ClO. The van der Waals surface area contributed by atoms with Gasteiger partial charge in [0.15, 0.2) is 5.56 Å². The molecule has 0 fully saturated rings. The zero-order valence-corrected chi connectivity index (χ0v) is 12.5. The summed E-state index contributed by atoms with van der Waals surface area (Å²) in [6, 6.07) is 24.6. The minimum atomic E-state index is -0.314. The molecular weight excluding hydrogens is 280 g/mol. The molecule has 1 nitrogen and oxygen atoms in total. The van der Waals surface area contributed by atoms with E-state index in [1.807, 2.05) is 42.5 Å². The number of halogens is 1. The molecule has 0 aliphatic carbocycles. The molecule has 0 bridgehead atoms. The van der Waals surface area contributed by atoms with E-state index in [1.54, 1.807) is 0 Å². The Balaban J connectivity index is 1.62. The Morgan fingerprint density at radius 2 is 1.52 bits per heavy atom. The highest BCUT2D eigenvalue weighted by atomic mass is 35.5.